The normalized spacial score (nSPS) is 12.7. The van der Waals surface area contributed by atoms with Crippen molar-refractivity contribution in [2.45, 2.75) is 148 Å². The molecule has 0 aromatic heterocycles. The van der Waals surface area contributed by atoms with Crippen LogP contribution < -0.4 is 5.73 Å². The number of unbranched alkanes of at least 4 members (excludes halogenated alkanes) is 17. The molecular weight excluding hydrogens is 394 g/mol. The highest BCUT2D eigenvalue weighted by molar-refractivity contribution is 4.81. The SMILES string of the molecule is CCCCCCCC/C=C\CCCCCCCCOCC(N)COCCCCCCCC. The van der Waals surface area contributed by atoms with Gasteiger partial charge in [-0.15, -0.1) is 0 Å². The summed E-state index contributed by atoms with van der Waals surface area (Å²) in [5, 5.41) is 0. The third-order valence-electron chi connectivity index (χ3n) is 6.11. The maximum atomic E-state index is 6.07. The van der Waals surface area contributed by atoms with E-state index in [1.54, 1.807) is 0 Å². The summed E-state index contributed by atoms with van der Waals surface area (Å²) in [4.78, 5) is 0. The molecule has 0 radical (unpaired) electrons. The molecule has 0 rings (SSSR count). The van der Waals surface area contributed by atoms with Crippen LogP contribution in [0.5, 0.6) is 0 Å². The van der Waals surface area contributed by atoms with Gasteiger partial charge in [-0.2, -0.15) is 0 Å². The van der Waals surface area contributed by atoms with Crippen LogP contribution >= 0.6 is 0 Å². The zero-order chi connectivity index (χ0) is 23.4. The lowest BCUT2D eigenvalue weighted by Crippen LogP contribution is -2.31. The van der Waals surface area contributed by atoms with E-state index in [1.807, 2.05) is 0 Å². The first-order chi connectivity index (χ1) is 15.8. The van der Waals surface area contributed by atoms with Crippen LogP contribution in [0.2, 0.25) is 0 Å². The second-order valence-corrected chi connectivity index (χ2v) is 9.62. The van der Waals surface area contributed by atoms with Gasteiger partial charge in [-0.05, 0) is 38.5 Å². The van der Waals surface area contributed by atoms with Gasteiger partial charge in [0, 0.05) is 13.2 Å². The molecule has 2 N–H and O–H groups in total. The fourth-order valence-electron chi connectivity index (χ4n) is 3.95. The molecule has 0 aromatic rings. The van der Waals surface area contributed by atoms with E-state index in [0.29, 0.717) is 13.2 Å². The van der Waals surface area contributed by atoms with Gasteiger partial charge >= 0.3 is 0 Å². The van der Waals surface area contributed by atoms with Gasteiger partial charge in [-0.1, -0.05) is 116 Å². The molecular formula is C29H59NO2. The highest BCUT2D eigenvalue weighted by Gasteiger charge is 2.03. The van der Waals surface area contributed by atoms with Crippen molar-refractivity contribution in [3.8, 4) is 0 Å². The summed E-state index contributed by atoms with van der Waals surface area (Å²) in [6.07, 6.45) is 31.4. The van der Waals surface area contributed by atoms with Gasteiger partial charge in [0.15, 0.2) is 0 Å². The predicted octanol–water partition coefficient (Wildman–Crippen LogP) is 8.74. The number of allylic oxidation sites excluding steroid dienone is 2. The molecule has 1 unspecified atom stereocenters. The Morgan fingerprint density at radius 3 is 1.25 bits per heavy atom. The molecule has 0 heterocycles. The highest BCUT2D eigenvalue weighted by Crippen LogP contribution is 2.10. The van der Waals surface area contributed by atoms with E-state index in [4.69, 9.17) is 15.2 Å². The zero-order valence-electron chi connectivity index (χ0n) is 22.1. The lowest BCUT2D eigenvalue weighted by molar-refractivity contribution is 0.0645. The van der Waals surface area contributed by atoms with Gasteiger partial charge in [-0.3, -0.25) is 0 Å². The average molecular weight is 454 g/mol. The van der Waals surface area contributed by atoms with Crippen molar-refractivity contribution in [3.63, 3.8) is 0 Å². The third-order valence-corrected chi connectivity index (χ3v) is 6.11. The van der Waals surface area contributed by atoms with Crippen LogP contribution in [0.1, 0.15) is 142 Å². The molecule has 0 aliphatic carbocycles. The van der Waals surface area contributed by atoms with Crippen LogP contribution in [0.15, 0.2) is 12.2 Å². The molecule has 1 atom stereocenters. The molecule has 3 nitrogen and oxygen atoms in total. The quantitative estimate of drug-likeness (QED) is 0.0998. The Bertz CT molecular complexity index is 359. The molecule has 0 aromatic carbocycles. The topological polar surface area (TPSA) is 44.5 Å². The average Bonchev–Trinajstić information content (AvgIpc) is 2.80. The number of hydrogen-bond acceptors (Lipinski definition) is 3. The van der Waals surface area contributed by atoms with Crippen LogP contribution in [-0.2, 0) is 9.47 Å². The maximum absolute atomic E-state index is 6.07. The standard InChI is InChI=1S/C29H59NO2/c1-3-5-7-9-11-12-13-14-15-16-17-18-19-20-22-24-26-32-28-29(30)27-31-25-23-21-10-8-6-4-2/h14-15,29H,3-13,16-28,30H2,1-2H3/b15-14-. The number of rotatable bonds is 27. The molecule has 0 aliphatic rings. The van der Waals surface area contributed by atoms with Crippen molar-refractivity contribution in [1.29, 1.82) is 0 Å². The molecule has 0 saturated heterocycles. The van der Waals surface area contributed by atoms with E-state index < -0.39 is 0 Å². The number of nitrogens with two attached hydrogens (primary N) is 1. The summed E-state index contributed by atoms with van der Waals surface area (Å²) in [5.41, 5.74) is 6.07. The van der Waals surface area contributed by atoms with E-state index in [2.05, 4.69) is 26.0 Å². The first kappa shape index (κ1) is 31.6. The van der Waals surface area contributed by atoms with Crippen molar-refractivity contribution in [1.82, 2.24) is 0 Å². The lowest BCUT2D eigenvalue weighted by Gasteiger charge is -2.12. The van der Waals surface area contributed by atoms with Crippen LogP contribution in [0.4, 0.5) is 0 Å². The number of ether oxygens (including phenoxy) is 2. The Balaban J connectivity index is 3.17. The maximum Gasteiger partial charge on any atom is 0.0640 e. The van der Waals surface area contributed by atoms with Gasteiger partial charge < -0.3 is 15.2 Å². The molecule has 0 amide bonds. The van der Waals surface area contributed by atoms with Crippen molar-refractivity contribution >= 4 is 0 Å². The second-order valence-electron chi connectivity index (χ2n) is 9.62. The van der Waals surface area contributed by atoms with E-state index in [1.165, 1.54) is 116 Å². The second kappa shape index (κ2) is 28.7. The Hall–Kier alpha value is -0.380. The summed E-state index contributed by atoms with van der Waals surface area (Å²) in [5.74, 6) is 0. The Morgan fingerprint density at radius 1 is 0.500 bits per heavy atom. The van der Waals surface area contributed by atoms with Crippen molar-refractivity contribution in [2.24, 2.45) is 5.73 Å². The zero-order valence-corrected chi connectivity index (χ0v) is 22.1. The van der Waals surface area contributed by atoms with Crippen molar-refractivity contribution in [2.75, 3.05) is 26.4 Å². The molecule has 0 aliphatic heterocycles. The van der Waals surface area contributed by atoms with E-state index in [-0.39, 0.29) is 6.04 Å². The van der Waals surface area contributed by atoms with Crippen LogP contribution in [0.3, 0.4) is 0 Å². The summed E-state index contributed by atoms with van der Waals surface area (Å²) in [6.45, 7) is 7.47. The third kappa shape index (κ3) is 27.7. The molecule has 0 bridgehead atoms. The Labute approximate surface area is 202 Å². The summed E-state index contributed by atoms with van der Waals surface area (Å²) in [6, 6.07) is 0.0178. The molecule has 192 valence electrons. The van der Waals surface area contributed by atoms with Crippen molar-refractivity contribution in [3.05, 3.63) is 12.2 Å². The lowest BCUT2D eigenvalue weighted by atomic mass is 10.1. The Kier molecular flexibility index (Phi) is 28.3. The van der Waals surface area contributed by atoms with Crippen molar-refractivity contribution < 1.29 is 9.47 Å². The highest BCUT2D eigenvalue weighted by atomic mass is 16.5. The van der Waals surface area contributed by atoms with E-state index >= 15 is 0 Å². The van der Waals surface area contributed by atoms with E-state index in [0.717, 1.165) is 26.1 Å². The van der Waals surface area contributed by atoms with Gasteiger partial charge in [0.25, 0.3) is 0 Å². The fraction of sp³-hybridized carbons (Fsp3) is 0.931. The smallest absolute Gasteiger partial charge is 0.0640 e. The minimum atomic E-state index is 0.0178. The summed E-state index contributed by atoms with van der Waals surface area (Å²) in [7, 11) is 0. The Morgan fingerprint density at radius 2 is 0.844 bits per heavy atom. The largest absolute Gasteiger partial charge is 0.380 e. The van der Waals surface area contributed by atoms with Crippen LogP contribution in [0.25, 0.3) is 0 Å². The van der Waals surface area contributed by atoms with Gasteiger partial charge in [0.05, 0.1) is 19.3 Å². The first-order valence-electron chi connectivity index (χ1n) is 14.4. The molecule has 0 saturated carbocycles. The van der Waals surface area contributed by atoms with E-state index in [9.17, 15) is 0 Å². The van der Waals surface area contributed by atoms with Gasteiger partial charge in [0.1, 0.15) is 0 Å². The van der Waals surface area contributed by atoms with Gasteiger partial charge in [0.2, 0.25) is 0 Å². The molecule has 0 spiro atoms. The summed E-state index contributed by atoms with van der Waals surface area (Å²) >= 11 is 0. The minimum Gasteiger partial charge on any atom is -0.380 e. The minimum absolute atomic E-state index is 0.0178. The van der Waals surface area contributed by atoms with Crippen LogP contribution in [0, 0.1) is 0 Å². The monoisotopic (exact) mass is 453 g/mol. The molecule has 32 heavy (non-hydrogen) atoms. The summed E-state index contributed by atoms with van der Waals surface area (Å²) < 4.78 is 11.4. The van der Waals surface area contributed by atoms with Gasteiger partial charge in [-0.25, -0.2) is 0 Å². The molecule has 0 fully saturated rings. The number of hydrogen-bond donors (Lipinski definition) is 1. The fourth-order valence-corrected chi connectivity index (χ4v) is 3.95. The first-order valence-corrected chi connectivity index (χ1v) is 14.4. The molecule has 3 heteroatoms. The van der Waals surface area contributed by atoms with Crippen LogP contribution in [-0.4, -0.2) is 32.5 Å². The predicted molar refractivity (Wildman–Crippen MR) is 142 cm³/mol.